The highest BCUT2D eigenvalue weighted by molar-refractivity contribution is 5.97. The molecule has 0 bridgehead atoms. The van der Waals surface area contributed by atoms with Crippen LogP contribution in [0.2, 0.25) is 0 Å². The monoisotopic (exact) mass is 444 g/mol. The fraction of sp³-hybridized carbons (Fsp3) is 0.208. The molecule has 0 saturated heterocycles. The zero-order chi connectivity index (χ0) is 23.4. The summed E-state index contributed by atoms with van der Waals surface area (Å²) in [5.74, 6) is -0.265. The SMILES string of the molecule is Cc1cc(C)c2c(OCC(=O)Nc3cccc(C(=O)NCc4ccccn4)c3)nn(C)c2n1. The lowest BCUT2D eigenvalue weighted by Crippen LogP contribution is -2.24. The number of nitrogens with zero attached hydrogens (tertiary/aromatic N) is 4. The number of benzene rings is 1. The van der Waals surface area contributed by atoms with Crippen LogP contribution in [0.3, 0.4) is 0 Å². The lowest BCUT2D eigenvalue weighted by atomic mass is 10.2. The summed E-state index contributed by atoms with van der Waals surface area (Å²) >= 11 is 0. The maximum absolute atomic E-state index is 12.5. The average molecular weight is 444 g/mol. The van der Waals surface area contributed by atoms with Gasteiger partial charge in [0.25, 0.3) is 11.8 Å². The second-order valence-corrected chi connectivity index (χ2v) is 7.63. The summed E-state index contributed by atoms with van der Waals surface area (Å²) in [6, 6.07) is 14.2. The van der Waals surface area contributed by atoms with E-state index in [9.17, 15) is 9.59 Å². The first-order chi connectivity index (χ1) is 15.9. The maximum Gasteiger partial charge on any atom is 0.262 e. The number of pyridine rings is 2. The lowest BCUT2D eigenvalue weighted by molar-refractivity contribution is -0.118. The number of fused-ring (bicyclic) bond motifs is 1. The second kappa shape index (κ2) is 9.47. The molecule has 2 amide bonds. The first-order valence-corrected chi connectivity index (χ1v) is 10.4. The molecule has 0 atom stereocenters. The van der Waals surface area contributed by atoms with Gasteiger partial charge in [0.2, 0.25) is 5.88 Å². The lowest BCUT2D eigenvalue weighted by Gasteiger charge is -2.09. The molecule has 33 heavy (non-hydrogen) atoms. The number of amides is 2. The van der Waals surface area contributed by atoms with Gasteiger partial charge in [0.1, 0.15) is 0 Å². The van der Waals surface area contributed by atoms with Gasteiger partial charge in [-0.1, -0.05) is 12.1 Å². The average Bonchev–Trinajstić information content (AvgIpc) is 3.12. The predicted octanol–water partition coefficient (Wildman–Crippen LogP) is 2.93. The summed E-state index contributed by atoms with van der Waals surface area (Å²) in [5, 5.41) is 10.7. The Morgan fingerprint density at radius 1 is 1.09 bits per heavy atom. The Morgan fingerprint density at radius 2 is 1.94 bits per heavy atom. The quantitative estimate of drug-likeness (QED) is 0.453. The van der Waals surface area contributed by atoms with Crippen molar-refractivity contribution in [1.29, 1.82) is 0 Å². The molecule has 0 aliphatic carbocycles. The molecular weight excluding hydrogens is 420 g/mol. The van der Waals surface area contributed by atoms with Gasteiger partial charge in [-0.3, -0.25) is 14.6 Å². The van der Waals surface area contributed by atoms with Gasteiger partial charge < -0.3 is 15.4 Å². The number of hydrogen-bond acceptors (Lipinski definition) is 6. The molecule has 0 saturated carbocycles. The number of carbonyl (C=O) groups is 2. The smallest absolute Gasteiger partial charge is 0.262 e. The Kier molecular flexibility index (Phi) is 6.30. The standard InChI is InChI=1S/C24H24N6O3/c1-15-11-16(2)27-22-21(15)24(29-30(22)3)33-14-20(31)28-18-9-6-7-17(12-18)23(32)26-13-19-8-4-5-10-25-19/h4-12H,13-14H2,1-3H3,(H,26,32)(H,28,31). The van der Waals surface area contributed by atoms with Crippen molar-refractivity contribution in [2.24, 2.45) is 7.05 Å². The summed E-state index contributed by atoms with van der Waals surface area (Å²) in [6.45, 7) is 3.96. The van der Waals surface area contributed by atoms with E-state index in [2.05, 4.69) is 25.7 Å². The molecule has 3 aromatic heterocycles. The van der Waals surface area contributed by atoms with Gasteiger partial charge in [-0.15, -0.1) is 5.10 Å². The Labute approximate surface area is 190 Å². The largest absolute Gasteiger partial charge is 0.466 e. The highest BCUT2D eigenvalue weighted by atomic mass is 16.5. The van der Waals surface area contributed by atoms with Crippen molar-refractivity contribution < 1.29 is 14.3 Å². The van der Waals surface area contributed by atoms with E-state index >= 15 is 0 Å². The molecule has 9 heteroatoms. The van der Waals surface area contributed by atoms with Crippen LogP contribution in [0, 0.1) is 13.8 Å². The highest BCUT2D eigenvalue weighted by Crippen LogP contribution is 2.27. The van der Waals surface area contributed by atoms with Gasteiger partial charge in [-0.25, -0.2) is 9.67 Å². The molecule has 0 spiro atoms. The Hall–Kier alpha value is -4.27. The number of hydrogen-bond donors (Lipinski definition) is 2. The predicted molar refractivity (Wildman–Crippen MR) is 124 cm³/mol. The molecule has 0 aliphatic heterocycles. The molecular formula is C24H24N6O3. The normalized spacial score (nSPS) is 10.8. The second-order valence-electron chi connectivity index (χ2n) is 7.63. The molecule has 0 fully saturated rings. The topological polar surface area (TPSA) is 111 Å². The molecule has 0 radical (unpaired) electrons. The summed E-state index contributed by atoms with van der Waals surface area (Å²) in [5.41, 5.74) is 4.25. The highest BCUT2D eigenvalue weighted by Gasteiger charge is 2.16. The number of rotatable bonds is 7. The van der Waals surface area contributed by atoms with Crippen LogP contribution in [0.4, 0.5) is 5.69 Å². The molecule has 3 heterocycles. The molecule has 0 unspecified atom stereocenters. The van der Waals surface area contributed by atoms with E-state index in [0.29, 0.717) is 29.3 Å². The zero-order valence-electron chi connectivity index (χ0n) is 18.6. The molecule has 168 valence electrons. The van der Waals surface area contributed by atoms with Gasteiger partial charge in [-0.2, -0.15) is 0 Å². The third kappa shape index (κ3) is 5.15. The van der Waals surface area contributed by atoms with E-state index in [1.54, 1.807) is 42.2 Å². The van der Waals surface area contributed by atoms with Crippen molar-refractivity contribution in [3.05, 3.63) is 77.2 Å². The van der Waals surface area contributed by atoms with Crippen molar-refractivity contribution in [3.8, 4) is 5.88 Å². The Bertz CT molecular complexity index is 1320. The van der Waals surface area contributed by atoms with Crippen LogP contribution in [0.5, 0.6) is 5.88 Å². The number of carbonyl (C=O) groups excluding carboxylic acids is 2. The van der Waals surface area contributed by atoms with Crippen LogP contribution in [0.15, 0.2) is 54.7 Å². The molecule has 4 rings (SSSR count). The van der Waals surface area contributed by atoms with Crippen LogP contribution < -0.4 is 15.4 Å². The minimum Gasteiger partial charge on any atom is -0.466 e. The van der Waals surface area contributed by atoms with Gasteiger partial charge in [0.15, 0.2) is 12.3 Å². The van der Waals surface area contributed by atoms with Crippen LogP contribution in [0.1, 0.15) is 27.3 Å². The van der Waals surface area contributed by atoms with Crippen LogP contribution in [-0.2, 0) is 18.4 Å². The van der Waals surface area contributed by atoms with E-state index < -0.39 is 0 Å². The summed E-state index contributed by atoms with van der Waals surface area (Å²) < 4.78 is 7.32. The van der Waals surface area contributed by atoms with Crippen LogP contribution in [-0.4, -0.2) is 38.2 Å². The number of aromatic nitrogens is 4. The number of ether oxygens (including phenoxy) is 1. The molecule has 1 aromatic carbocycles. The van der Waals surface area contributed by atoms with E-state index in [1.165, 1.54) is 0 Å². The first-order valence-electron chi connectivity index (χ1n) is 10.4. The minimum absolute atomic E-state index is 0.227. The fourth-order valence-corrected chi connectivity index (χ4v) is 3.49. The number of aryl methyl sites for hydroxylation is 3. The Morgan fingerprint density at radius 3 is 2.73 bits per heavy atom. The molecule has 2 N–H and O–H groups in total. The van der Waals surface area contributed by atoms with Crippen LogP contribution in [0.25, 0.3) is 11.0 Å². The van der Waals surface area contributed by atoms with Gasteiger partial charge in [0.05, 0.1) is 17.6 Å². The van der Waals surface area contributed by atoms with Crippen molar-refractivity contribution in [3.63, 3.8) is 0 Å². The van der Waals surface area contributed by atoms with Crippen LogP contribution >= 0.6 is 0 Å². The van der Waals surface area contributed by atoms with E-state index in [4.69, 9.17) is 4.74 Å². The van der Waals surface area contributed by atoms with Gasteiger partial charge in [-0.05, 0) is 55.8 Å². The molecule has 0 aliphatic rings. The van der Waals surface area contributed by atoms with E-state index in [-0.39, 0.29) is 18.4 Å². The Balaban J connectivity index is 1.37. The maximum atomic E-state index is 12.5. The number of nitrogens with one attached hydrogen (secondary N) is 2. The minimum atomic E-state index is -0.363. The van der Waals surface area contributed by atoms with Crippen molar-refractivity contribution in [1.82, 2.24) is 25.1 Å². The van der Waals surface area contributed by atoms with E-state index in [0.717, 1.165) is 22.3 Å². The first kappa shape index (κ1) is 21.9. The third-order valence-corrected chi connectivity index (χ3v) is 4.99. The summed E-state index contributed by atoms with van der Waals surface area (Å²) in [4.78, 5) is 33.6. The third-order valence-electron chi connectivity index (χ3n) is 4.99. The van der Waals surface area contributed by atoms with Crippen molar-refractivity contribution in [2.75, 3.05) is 11.9 Å². The molecule has 9 nitrogen and oxygen atoms in total. The zero-order valence-corrected chi connectivity index (χ0v) is 18.6. The van der Waals surface area contributed by atoms with Gasteiger partial charge >= 0.3 is 0 Å². The summed E-state index contributed by atoms with van der Waals surface area (Å²) in [7, 11) is 1.78. The van der Waals surface area contributed by atoms with Crippen molar-refractivity contribution in [2.45, 2.75) is 20.4 Å². The summed E-state index contributed by atoms with van der Waals surface area (Å²) in [6.07, 6.45) is 1.67. The fourth-order valence-electron chi connectivity index (χ4n) is 3.49. The molecule has 4 aromatic rings. The van der Waals surface area contributed by atoms with Crippen molar-refractivity contribution >= 4 is 28.5 Å². The van der Waals surface area contributed by atoms with Gasteiger partial charge in [0, 0.05) is 30.2 Å². The number of anilines is 1. The van der Waals surface area contributed by atoms with E-state index in [1.807, 2.05) is 38.1 Å².